The minimum atomic E-state index is -0.768. The molecular weight excluding hydrogens is 210 g/mol. The van der Waals surface area contributed by atoms with Crippen molar-refractivity contribution < 1.29 is 5.11 Å². The average Bonchev–Trinajstić information content (AvgIpc) is 2.29. The molecule has 0 aliphatic heterocycles. The minimum absolute atomic E-state index is 0.288. The Bertz CT molecular complexity index is 343. The van der Waals surface area contributed by atoms with E-state index in [-0.39, 0.29) is 6.04 Å². The first-order valence-electron chi connectivity index (χ1n) is 6.58. The zero-order chi connectivity index (χ0) is 12.9. The van der Waals surface area contributed by atoms with E-state index in [1.54, 1.807) is 0 Å². The van der Waals surface area contributed by atoms with Crippen molar-refractivity contribution in [1.29, 1.82) is 0 Å². The predicted molar refractivity (Wildman–Crippen MR) is 72.9 cm³/mol. The van der Waals surface area contributed by atoms with Gasteiger partial charge in [0, 0.05) is 0 Å². The molecule has 2 nitrogen and oxygen atoms in total. The van der Waals surface area contributed by atoms with Crippen LogP contribution in [0.15, 0.2) is 24.3 Å². The van der Waals surface area contributed by atoms with E-state index in [1.165, 1.54) is 0 Å². The highest BCUT2D eigenvalue weighted by atomic mass is 16.3. The first-order valence-corrected chi connectivity index (χ1v) is 6.58. The number of hydrogen-bond donors (Lipinski definition) is 2. The van der Waals surface area contributed by atoms with Gasteiger partial charge in [0.05, 0.1) is 11.6 Å². The molecule has 1 atom stereocenters. The second-order valence-electron chi connectivity index (χ2n) is 4.94. The summed E-state index contributed by atoms with van der Waals surface area (Å²) < 4.78 is 0. The lowest BCUT2D eigenvalue weighted by Gasteiger charge is -2.34. The summed E-state index contributed by atoms with van der Waals surface area (Å²) >= 11 is 0. The lowest BCUT2D eigenvalue weighted by molar-refractivity contribution is -0.00473. The van der Waals surface area contributed by atoms with E-state index in [9.17, 15) is 5.11 Å². The quantitative estimate of drug-likeness (QED) is 0.794. The smallest absolute Gasteiger partial charge is 0.0839 e. The Morgan fingerprint density at radius 3 is 2.18 bits per heavy atom. The SMILES string of the molecule is CCCC(O)(CCC)[C@H](N)c1ccccc1C. The molecule has 0 spiro atoms. The average molecular weight is 235 g/mol. The van der Waals surface area contributed by atoms with Crippen molar-refractivity contribution in [3.63, 3.8) is 0 Å². The van der Waals surface area contributed by atoms with Crippen LogP contribution in [-0.4, -0.2) is 10.7 Å². The zero-order valence-electron chi connectivity index (χ0n) is 11.2. The van der Waals surface area contributed by atoms with Gasteiger partial charge in [-0.05, 0) is 30.9 Å². The Kier molecular flexibility index (Phi) is 5.16. The van der Waals surface area contributed by atoms with Crippen LogP contribution in [0.2, 0.25) is 0 Å². The van der Waals surface area contributed by atoms with Crippen molar-refractivity contribution >= 4 is 0 Å². The van der Waals surface area contributed by atoms with Crippen LogP contribution in [0.3, 0.4) is 0 Å². The maximum Gasteiger partial charge on any atom is 0.0839 e. The zero-order valence-corrected chi connectivity index (χ0v) is 11.2. The largest absolute Gasteiger partial charge is 0.388 e. The van der Waals surface area contributed by atoms with Crippen molar-refractivity contribution in [3.8, 4) is 0 Å². The Morgan fingerprint density at radius 2 is 1.71 bits per heavy atom. The second kappa shape index (κ2) is 6.18. The fourth-order valence-electron chi connectivity index (χ4n) is 2.53. The van der Waals surface area contributed by atoms with Gasteiger partial charge in [0.1, 0.15) is 0 Å². The molecule has 1 rings (SSSR count). The van der Waals surface area contributed by atoms with E-state index in [4.69, 9.17) is 5.73 Å². The number of nitrogens with two attached hydrogens (primary N) is 1. The van der Waals surface area contributed by atoms with E-state index in [0.717, 1.165) is 36.8 Å². The standard InChI is InChI=1S/C15H25NO/c1-4-10-15(17,11-5-2)14(16)13-9-7-6-8-12(13)3/h6-9,14,17H,4-5,10-11,16H2,1-3H3/t14-/m1/s1. The van der Waals surface area contributed by atoms with E-state index in [1.807, 2.05) is 31.2 Å². The summed E-state index contributed by atoms with van der Waals surface area (Å²) in [5.74, 6) is 0. The van der Waals surface area contributed by atoms with Gasteiger partial charge < -0.3 is 10.8 Å². The van der Waals surface area contributed by atoms with Gasteiger partial charge in [-0.2, -0.15) is 0 Å². The van der Waals surface area contributed by atoms with Crippen molar-refractivity contribution in [1.82, 2.24) is 0 Å². The number of hydrogen-bond acceptors (Lipinski definition) is 2. The van der Waals surface area contributed by atoms with Crippen LogP contribution in [-0.2, 0) is 0 Å². The van der Waals surface area contributed by atoms with Gasteiger partial charge in [-0.25, -0.2) is 0 Å². The summed E-state index contributed by atoms with van der Waals surface area (Å²) in [6.45, 7) is 6.23. The Labute approximate surface area is 105 Å². The van der Waals surface area contributed by atoms with Crippen LogP contribution >= 0.6 is 0 Å². The molecule has 96 valence electrons. The Morgan fingerprint density at radius 1 is 1.18 bits per heavy atom. The van der Waals surface area contributed by atoms with Crippen molar-refractivity contribution in [2.45, 2.75) is 58.1 Å². The highest BCUT2D eigenvalue weighted by Crippen LogP contribution is 2.33. The minimum Gasteiger partial charge on any atom is -0.388 e. The Balaban J connectivity index is 2.99. The van der Waals surface area contributed by atoms with E-state index in [2.05, 4.69) is 13.8 Å². The summed E-state index contributed by atoms with van der Waals surface area (Å²) in [5, 5.41) is 10.7. The fraction of sp³-hybridized carbons (Fsp3) is 0.600. The van der Waals surface area contributed by atoms with Crippen LogP contribution < -0.4 is 5.73 Å². The highest BCUT2D eigenvalue weighted by Gasteiger charge is 2.33. The second-order valence-corrected chi connectivity index (χ2v) is 4.94. The predicted octanol–water partition coefficient (Wildman–Crippen LogP) is 3.33. The topological polar surface area (TPSA) is 46.2 Å². The number of aryl methyl sites for hydroxylation is 1. The third-order valence-electron chi connectivity index (χ3n) is 3.47. The van der Waals surface area contributed by atoms with Crippen molar-refractivity contribution in [2.75, 3.05) is 0 Å². The molecule has 1 aromatic rings. The third kappa shape index (κ3) is 3.30. The van der Waals surface area contributed by atoms with Gasteiger partial charge in [-0.15, -0.1) is 0 Å². The van der Waals surface area contributed by atoms with E-state index >= 15 is 0 Å². The maximum atomic E-state index is 10.7. The normalized spacial score (nSPS) is 13.7. The van der Waals surface area contributed by atoms with Gasteiger partial charge in [-0.3, -0.25) is 0 Å². The van der Waals surface area contributed by atoms with Crippen molar-refractivity contribution in [3.05, 3.63) is 35.4 Å². The molecule has 0 bridgehead atoms. The van der Waals surface area contributed by atoms with Gasteiger partial charge in [0.25, 0.3) is 0 Å². The first kappa shape index (κ1) is 14.2. The molecule has 0 heterocycles. The molecular formula is C15H25NO. The van der Waals surface area contributed by atoms with Gasteiger partial charge >= 0.3 is 0 Å². The van der Waals surface area contributed by atoms with Crippen LogP contribution in [0.1, 0.15) is 56.7 Å². The van der Waals surface area contributed by atoms with Crippen LogP contribution in [0.5, 0.6) is 0 Å². The molecule has 1 aromatic carbocycles. The van der Waals surface area contributed by atoms with Crippen LogP contribution in [0, 0.1) is 6.92 Å². The molecule has 2 heteroatoms. The molecule has 0 aliphatic rings. The van der Waals surface area contributed by atoms with Gasteiger partial charge in [-0.1, -0.05) is 51.0 Å². The summed E-state index contributed by atoms with van der Waals surface area (Å²) in [6.07, 6.45) is 3.43. The number of rotatable bonds is 6. The molecule has 0 unspecified atom stereocenters. The van der Waals surface area contributed by atoms with Crippen LogP contribution in [0.4, 0.5) is 0 Å². The maximum absolute atomic E-state index is 10.7. The summed E-state index contributed by atoms with van der Waals surface area (Å²) in [6, 6.07) is 7.78. The monoisotopic (exact) mass is 235 g/mol. The molecule has 0 fully saturated rings. The number of benzene rings is 1. The van der Waals surface area contributed by atoms with Crippen molar-refractivity contribution in [2.24, 2.45) is 5.73 Å². The fourth-order valence-corrected chi connectivity index (χ4v) is 2.53. The third-order valence-corrected chi connectivity index (χ3v) is 3.47. The summed E-state index contributed by atoms with van der Waals surface area (Å²) in [7, 11) is 0. The first-order chi connectivity index (χ1) is 8.05. The molecule has 0 aromatic heterocycles. The molecule has 0 saturated heterocycles. The molecule has 0 saturated carbocycles. The molecule has 3 N–H and O–H groups in total. The summed E-state index contributed by atoms with van der Waals surface area (Å²) in [4.78, 5) is 0. The lowest BCUT2D eigenvalue weighted by Crippen LogP contribution is -2.41. The van der Waals surface area contributed by atoms with Crippen LogP contribution in [0.25, 0.3) is 0 Å². The van der Waals surface area contributed by atoms with Gasteiger partial charge in [0.15, 0.2) is 0 Å². The lowest BCUT2D eigenvalue weighted by atomic mass is 9.81. The molecule has 0 amide bonds. The highest BCUT2D eigenvalue weighted by molar-refractivity contribution is 5.30. The van der Waals surface area contributed by atoms with Gasteiger partial charge in [0.2, 0.25) is 0 Å². The van der Waals surface area contributed by atoms with E-state index in [0.29, 0.717) is 0 Å². The molecule has 17 heavy (non-hydrogen) atoms. The summed E-state index contributed by atoms with van der Waals surface area (Å²) in [5.41, 5.74) is 7.75. The molecule has 0 aliphatic carbocycles. The van der Waals surface area contributed by atoms with E-state index < -0.39 is 5.60 Å². The Hall–Kier alpha value is -0.860. The molecule has 0 radical (unpaired) electrons. The number of aliphatic hydroxyl groups is 1.